The third-order valence-corrected chi connectivity index (χ3v) is 5.16. The summed E-state index contributed by atoms with van der Waals surface area (Å²) in [5.74, 6) is -1.83. The summed E-state index contributed by atoms with van der Waals surface area (Å²) >= 11 is 1.45. The molecule has 1 atom stereocenters. The summed E-state index contributed by atoms with van der Waals surface area (Å²) in [4.78, 5) is 38.0. The molecule has 6 nitrogen and oxygen atoms in total. The Morgan fingerprint density at radius 2 is 1.64 bits per heavy atom. The number of thioether (sulfide) groups is 1. The molecule has 0 aromatic heterocycles. The lowest BCUT2D eigenvalue weighted by Crippen LogP contribution is -2.44. The molecule has 2 aromatic rings. The summed E-state index contributed by atoms with van der Waals surface area (Å²) < 4.78 is 44.0. The predicted octanol–water partition coefficient (Wildman–Crippen LogP) is 3.67. The summed E-state index contributed by atoms with van der Waals surface area (Å²) in [6.07, 6.45) is -2.55. The number of nitrogens with one attached hydrogen (secondary N) is 1. The third kappa shape index (κ3) is 9.56. The first kappa shape index (κ1) is 26.2. The lowest BCUT2D eigenvalue weighted by atomic mass is 10.1. The van der Waals surface area contributed by atoms with Crippen LogP contribution in [0.4, 0.5) is 13.2 Å². The molecule has 2 rings (SSSR count). The van der Waals surface area contributed by atoms with Gasteiger partial charge in [-0.2, -0.15) is 24.9 Å². The molecule has 0 fully saturated rings. The highest BCUT2D eigenvalue weighted by atomic mass is 32.2. The van der Waals surface area contributed by atoms with Crippen molar-refractivity contribution in [1.82, 2.24) is 10.2 Å². The van der Waals surface area contributed by atoms with Crippen LogP contribution in [0.5, 0.6) is 0 Å². The highest BCUT2D eigenvalue weighted by molar-refractivity contribution is 7.98. The predicted molar refractivity (Wildman–Crippen MR) is 120 cm³/mol. The molecule has 0 aliphatic heterocycles. The molecule has 10 heteroatoms. The lowest BCUT2D eigenvalue weighted by molar-refractivity contribution is -0.168. The number of hydrogen-bond donors (Lipinski definition) is 1. The van der Waals surface area contributed by atoms with Gasteiger partial charge in [0.15, 0.2) is 6.61 Å². The number of rotatable bonds is 11. The van der Waals surface area contributed by atoms with Crippen molar-refractivity contribution in [1.29, 1.82) is 0 Å². The van der Waals surface area contributed by atoms with Gasteiger partial charge in [0, 0.05) is 12.1 Å². The molecule has 33 heavy (non-hydrogen) atoms. The molecule has 1 N–H and O–H groups in total. The molecule has 0 spiro atoms. The highest BCUT2D eigenvalue weighted by Gasteiger charge is 2.33. The number of benzene rings is 2. The van der Waals surface area contributed by atoms with Crippen LogP contribution in [0, 0.1) is 0 Å². The van der Waals surface area contributed by atoms with Crippen molar-refractivity contribution in [2.45, 2.75) is 25.2 Å². The van der Waals surface area contributed by atoms with Crippen molar-refractivity contribution in [3.05, 3.63) is 71.8 Å². The van der Waals surface area contributed by atoms with E-state index in [-0.39, 0.29) is 13.0 Å². The first-order valence-electron chi connectivity index (χ1n) is 10.1. The largest absolute Gasteiger partial charge is 0.454 e. The van der Waals surface area contributed by atoms with Crippen molar-refractivity contribution in [3.8, 4) is 0 Å². The SMILES string of the molecule is CSCCC(NC(=O)c1ccccc1)C(=O)OCC(=O)N(Cc1ccccc1)CC(F)(F)F. The molecule has 178 valence electrons. The quantitative estimate of drug-likeness (QED) is 0.495. The molecule has 0 aliphatic carbocycles. The second-order valence-corrected chi connectivity index (χ2v) is 8.12. The van der Waals surface area contributed by atoms with Gasteiger partial charge in [0.1, 0.15) is 12.6 Å². The van der Waals surface area contributed by atoms with Crippen LogP contribution in [0.25, 0.3) is 0 Å². The maximum absolute atomic E-state index is 13.0. The Labute approximate surface area is 194 Å². The summed E-state index contributed by atoms with van der Waals surface area (Å²) in [5, 5.41) is 2.57. The van der Waals surface area contributed by atoms with E-state index < -0.39 is 43.2 Å². The lowest BCUT2D eigenvalue weighted by Gasteiger charge is -2.24. The van der Waals surface area contributed by atoms with Crippen LogP contribution >= 0.6 is 11.8 Å². The van der Waals surface area contributed by atoms with Crippen LogP contribution in [0.3, 0.4) is 0 Å². The molecule has 0 heterocycles. The number of hydrogen-bond acceptors (Lipinski definition) is 5. The first-order chi connectivity index (χ1) is 15.7. The maximum Gasteiger partial charge on any atom is 0.406 e. The van der Waals surface area contributed by atoms with E-state index in [2.05, 4.69) is 5.32 Å². The van der Waals surface area contributed by atoms with Gasteiger partial charge in [0.2, 0.25) is 0 Å². The summed E-state index contributed by atoms with van der Waals surface area (Å²) in [6, 6.07) is 15.4. The Bertz CT molecular complexity index is 911. The van der Waals surface area contributed by atoms with Crippen LogP contribution in [-0.2, 0) is 20.9 Å². The molecule has 2 amide bonds. The Morgan fingerprint density at radius 1 is 1.03 bits per heavy atom. The zero-order chi connectivity index (χ0) is 24.3. The van der Waals surface area contributed by atoms with Crippen molar-refractivity contribution in [3.63, 3.8) is 0 Å². The average molecular weight is 483 g/mol. The maximum atomic E-state index is 13.0. The van der Waals surface area contributed by atoms with Gasteiger partial charge in [-0.15, -0.1) is 0 Å². The van der Waals surface area contributed by atoms with E-state index in [0.717, 1.165) is 0 Å². The molecule has 1 unspecified atom stereocenters. The van der Waals surface area contributed by atoms with Crippen LogP contribution in [0.1, 0.15) is 22.3 Å². The van der Waals surface area contributed by atoms with Crippen LogP contribution in [0.15, 0.2) is 60.7 Å². The summed E-state index contributed by atoms with van der Waals surface area (Å²) in [6.45, 7) is -2.62. The molecule has 0 saturated carbocycles. The van der Waals surface area contributed by atoms with Gasteiger partial charge in [-0.25, -0.2) is 4.79 Å². The fourth-order valence-corrected chi connectivity index (χ4v) is 3.36. The van der Waals surface area contributed by atoms with Crippen molar-refractivity contribution < 1.29 is 32.3 Å². The number of carbonyl (C=O) groups is 3. The van der Waals surface area contributed by atoms with Crippen LogP contribution in [-0.4, -0.2) is 60.1 Å². The normalized spacial score (nSPS) is 12.0. The number of ether oxygens (including phenoxy) is 1. The molecule has 0 saturated heterocycles. The van der Waals surface area contributed by atoms with Crippen molar-refractivity contribution in [2.24, 2.45) is 0 Å². The molecule has 0 radical (unpaired) electrons. The summed E-state index contributed by atoms with van der Waals surface area (Å²) in [7, 11) is 0. The van der Waals surface area contributed by atoms with Crippen LogP contribution < -0.4 is 5.32 Å². The molecular formula is C23H25F3N2O4S. The minimum absolute atomic E-state index is 0.239. The standard InChI is InChI=1S/C23H25F3N2O4S/c1-33-13-12-19(27-21(30)18-10-6-3-7-11-18)22(31)32-15-20(29)28(16-23(24,25)26)14-17-8-4-2-5-9-17/h2-11,19H,12-16H2,1H3,(H,27,30). The topological polar surface area (TPSA) is 75.7 Å². The number of alkyl halides is 3. The monoisotopic (exact) mass is 482 g/mol. The highest BCUT2D eigenvalue weighted by Crippen LogP contribution is 2.18. The van der Waals surface area contributed by atoms with Gasteiger partial charge in [0.25, 0.3) is 11.8 Å². The van der Waals surface area contributed by atoms with Gasteiger partial charge < -0.3 is 15.0 Å². The number of halogens is 3. The minimum atomic E-state index is -4.61. The van der Waals surface area contributed by atoms with Crippen molar-refractivity contribution >= 4 is 29.5 Å². The van der Waals surface area contributed by atoms with E-state index in [1.807, 2.05) is 6.26 Å². The average Bonchev–Trinajstić information content (AvgIpc) is 2.79. The van der Waals surface area contributed by atoms with Gasteiger partial charge in [-0.05, 0) is 36.1 Å². The van der Waals surface area contributed by atoms with Gasteiger partial charge in [-0.3, -0.25) is 9.59 Å². The zero-order valence-corrected chi connectivity index (χ0v) is 18.8. The fourth-order valence-electron chi connectivity index (χ4n) is 2.89. The van der Waals surface area contributed by atoms with E-state index in [9.17, 15) is 27.6 Å². The Kier molecular flexibility index (Phi) is 10.2. The van der Waals surface area contributed by atoms with Gasteiger partial charge >= 0.3 is 12.1 Å². The van der Waals surface area contributed by atoms with Crippen molar-refractivity contribution in [2.75, 3.05) is 25.2 Å². The number of amides is 2. The summed E-state index contributed by atoms with van der Waals surface area (Å²) in [5.41, 5.74) is 0.851. The van der Waals surface area contributed by atoms with E-state index in [1.165, 1.54) is 11.8 Å². The second-order valence-electron chi connectivity index (χ2n) is 7.13. The van der Waals surface area contributed by atoms with Gasteiger partial charge in [0.05, 0.1) is 0 Å². The fraction of sp³-hybridized carbons (Fsp3) is 0.348. The van der Waals surface area contributed by atoms with E-state index >= 15 is 0 Å². The first-order valence-corrected chi connectivity index (χ1v) is 11.5. The Hall–Kier alpha value is -3.01. The minimum Gasteiger partial charge on any atom is -0.454 e. The van der Waals surface area contributed by atoms with E-state index in [4.69, 9.17) is 4.74 Å². The number of nitrogens with zero attached hydrogens (tertiary/aromatic N) is 1. The Morgan fingerprint density at radius 3 is 2.21 bits per heavy atom. The number of esters is 1. The molecular weight excluding hydrogens is 457 g/mol. The Balaban J connectivity index is 2.02. The van der Waals surface area contributed by atoms with Crippen LogP contribution in [0.2, 0.25) is 0 Å². The third-order valence-electron chi connectivity index (χ3n) is 4.51. The zero-order valence-electron chi connectivity index (χ0n) is 18.0. The molecule has 0 bridgehead atoms. The molecule has 2 aromatic carbocycles. The van der Waals surface area contributed by atoms with E-state index in [1.54, 1.807) is 60.7 Å². The second kappa shape index (κ2) is 12.9. The van der Waals surface area contributed by atoms with Gasteiger partial charge in [-0.1, -0.05) is 48.5 Å². The smallest absolute Gasteiger partial charge is 0.406 e. The number of carbonyl (C=O) groups excluding carboxylic acids is 3. The van der Waals surface area contributed by atoms with E-state index in [0.29, 0.717) is 21.8 Å². The molecule has 0 aliphatic rings.